The zero-order valence-electron chi connectivity index (χ0n) is 9.47. The van der Waals surface area contributed by atoms with Crippen LogP contribution in [0, 0.1) is 0 Å². The van der Waals surface area contributed by atoms with Gasteiger partial charge in [-0.05, 0) is 19.1 Å². The second-order valence-electron chi connectivity index (χ2n) is 3.77. The van der Waals surface area contributed by atoms with Crippen molar-refractivity contribution in [3.63, 3.8) is 0 Å². The number of ether oxygens (including phenoxy) is 1. The molecule has 0 aliphatic rings. The monoisotopic (exact) mass is 225 g/mol. The molecule has 0 fully saturated rings. The number of hydrogen-bond donors (Lipinski definition) is 3. The highest BCUT2D eigenvalue weighted by Crippen LogP contribution is 2.08. The smallest absolute Gasteiger partial charge is 0.119 e. The van der Waals surface area contributed by atoms with Crippen LogP contribution in [0.4, 0.5) is 0 Å². The van der Waals surface area contributed by atoms with Crippen molar-refractivity contribution in [3.05, 3.63) is 30.3 Å². The fourth-order valence-electron chi connectivity index (χ4n) is 1.17. The molecule has 0 saturated carbocycles. The molecule has 16 heavy (non-hydrogen) atoms. The summed E-state index contributed by atoms with van der Waals surface area (Å²) in [5.41, 5.74) is 0. The molecule has 4 heteroatoms. The van der Waals surface area contributed by atoms with Crippen LogP contribution in [-0.4, -0.2) is 42.1 Å². The SMILES string of the molecule is CC(CO)NCC(O)COc1ccccc1. The molecule has 2 atom stereocenters. The molecule has 0 spiro atoms. The lowest BCUT2D eigenvalue weighted by Gasteiger charge is -2.15. The Morgan fingerprint density at radius 3 is 2.62 bits per heavy atom. The molecule has 0 heterocycles. The molecule has 1 aromatic rings. The largest absolute Gasteiger partial charge is 0.491 e. The number of benzene rings is 1. The Morgan fingerprint density at radius 1 is 1.31 bits per heavy atom. The zero-order valence-corrected chi connectivity index (χ0v) is 9.47. The maximum atomic E-state index is 9.59. The van der Waals surface area contributed by atoms with E-state index in [1.807, 2.05) is 37.3 Å². The molecular formula is C12H19NO3. The zero-order chi connectivity index (χ0) is 11.8. The summed E-state index contributed by atoms with van der Waals surface area (Å²) >= 11 is 0. The van der Waals surface area contributed by atoms with Crippen molar-refractivity contribution in [2.24, 2.45) is 0 Å². The molecule has 90 valence electrons. The third kappa shape index (κ3) is 5.11. The molecule has 0 bridgehead atoms. The van der Waals surface area contributed by atoms with Crippen LogP contribution in [0.15, 0.2) is 30.3 Å². The molecule has 3 N–H and O–H groups in total. The third-order valence-electron chi connectivity index (χ3n) is 2.16. The number of para-hydroxylation sites is 1. The minimum atomic E-state index is -0.575. The van der Waals surface area contributed by atoms with Crippen LogP contribution in [0.5, 0.6) is 5.75 Å². The van der Waals surface area contributed by atoms with Gasteiger partial charge in [0.1, 0.15) is 18.5 Å². The summed E-state index contributed by atoms with van der Waals surface area (Å²) in [6.45, 7) is 2.57. The molecule has 0 saturated heterocycles. The molecule has 0 aliphatic heterocycles. The maximum absolute atomic E-state index is 9.59. The molecule has 0 aliphatic carbocycles. The van der Waals surface area contributed by atoms with E-state index >= 15 is 0 Å². The first kappa shape index (κ1) is 13.0. The van der Waals surface area contributed by atoms with Gasteiger partial charge in [-0.3, -0.25) is 0 Å². The van der Waals surface area contributed by atoms with Crippen molar-refractivity contribution in [1.82, 2.24) is 5.32 Å². The Bertz CT molecular complexity index is 279. The van der Waals surface area contributed by atoms with E-state index in [0.29, 0.717) is 6.54 Å². The lowest BCUT2D eigenvalue weighted by atomic mass is 10.3. The summed E-state index contributed by atoms with van der Waals surface area (Å²) in [4.78, 5) is 0. The average molecular weight is 225 g/mol. The van der Waals surface area contributed by atoms with Gasteiger partial charge in [-0.15, -0.1) is 0 Å². The number of rotatable bonds is 7. The van der Waals surface area contributed by atoms with Crippen molar-refractivity contribution >= 4 is 0 Å². The Morgan fingerprint density at radius 2 is 2.00 bits per heavy atom. The van der Waals surface area contributed by atoms with E-state index < -0.39 is 6.10 Å². The Hall–Kier alpha value is -1.10. The van der Waals surface area contributed by atoms with Crippen molar-refractivity contribution in [2.75, 3.05) is 19.8 Å². The van der Waals surface area contributed by atoms with Gasteiger partial charge in [-0.1, -0.05) is 18.2 Å². The Balaban J connectivity index is 2.18. The number of aliphatic hydroxyl groups is 2. The lowest BCUT2D eigenvalue weighted by Crippen LogP contribution is -2.38. The van der Waals surface area contributed by atoms with Crippen LogP contribution >= 0.6 is 0 Å². The van der Waals surface area contributed by atoms with Gasteiger partial charge in [0.05, 0.1) is 6.61 Å². The number of hydrogen-bond acceptors (Lipinski definition) is 4. The minimum absolute atomic E-state index is 0.00799. The van der Waals surface area contributed by atoms with Gasteiger partial charge < -0.3 is 20.3 Å². The minimum Gasteiger partial charge on any atom is -0.491 e. The van der Waals surface area contributed by atoms with Crippen LogP contribution in [0.3, 0.4) is 0 Å². The van der Waals surface area contributed by atoms with Crippen molar-refractivity contribution in [2.45, 2.75) is 19.1 Å². The van der Waals surface area contributed by atoms with Gasteiger partial charge in [0, 0.05) is 12.6 Å². The molecule has 2 unspecified atom stereocenters. The topological polar surface area (TPSA) is 61.7 Å². The Kier molecular flexibility index (Phi) is 5.85. The van der Waals surface area contributed by atoms with Gasteiger partial charge in [0.25, 0.3) is 0 Å². The highest BCUT2D eigenvalue weighted by atomic mass is 16.5. The fraction of sp³-hybridized carbons (Fsp3) is 0.500. The second-order valence-corrected chi connectivity index (χ2v) is 3.77. The lowest BCUT2D eigenvalue weighted by molar-refractivity contribution is 0.101. The quantitative estimate of drug-likeness (QED) is 0.628. The van der Waals surface area contributed by atoms with Crippen molar-refractivity contribution in [3.8, 4) is 5.75 Å². The molecule has 0 amide bonds. The first-order valence-corrected chi connectivity index (χ1v) is 5.42. The van der Waals surface area contributed by atoms with Gasteiger partial charge in [0.15, 0.2) is 0 Å². The highest BCUT2D eigenvalue weighted by Gasteiger charge is 2.06. The second kappa shape index (κ2) is 7.22. The van der Waals surface area contributed by atoms with Gasteiger partial charge in [-0.2, -0.15) is 0 Å². The predicted octanol–water partition coefficient (Wildman–Crippen LogP) is 0.397. The van der Waals surface area contributed by atoms with Crippen LogP contribution in [0.1, 0.15) is 6.92 Å². The van der Waals surface area contributed by atoms with Crippen molar-refractivity contribution < 1.29 is 14.9 Å². The summed E-state index contributed by atoms with van der Waals surface area (Å²) in [6, 6.07) is 9.36. The first-order chi connectivity index (χ1) is 7.72. The van der Waals surface area contributed by atoms with Crippen LogP contribution in [0.2, 0.25) is 0 Å². The van der Waals surface area contributed by atoms with E-state index in [4.69, 9.17) is 9.84 Å². The standard InChI is InChI=1S/C12H19NO3/c1-10(8-14)13-7-11(15)9-16-12-5-3-2-4-6-12/h2-6,10-11,13-15H,7-9H2,1H3. The summed E-state index contributed by atoms with van der Waals surface area (Å²) in [7, 11) is 0. The first-order valence-electron chi connectivity index (χ1n) is 5.42. The molecule has 1 aromatic carbocycles. The fourth-order valence-corrected chi connectivity index (χ4v) is 1.17. The number of aliphatic hydroxyl groups excluding tert-OH is 2. The van der Waals surface area contributed by atoms with Crippen molar-refractivity contribution in [1.29, 1.82) is 0 Å². The van der Waals surface area contributed by atoms with Gasteiger partial charge >= 0.3 is 0 Å². The summed E-state index contributed by atoms with van der Waals surface area (Å²) in [5.74, 6) is 0.747. The third-order valence-corrected chi connectivity index (χ3v) is 2.16. The van der Waals surface area contributed by atoms with E-state index in [1.54, 1.807) is 0 Å². The van der Waals surface area contributed by atoms with E-state index in [-0.39, 0.29) is 19.3 Å². The Labute approximate surface area is 95.9 Å². The molecule has 0 radical (unpaired) electrons. The normalized spacial score (nSPS) is 14.4. The molecular weight excluding hydrogens is 206 g/mol. The molecule has 4 nitrogen and oxygen atoms in total. The maximum Gasteiger partial charge on any atom is 0.119 e. The van der Waals surface area contributed by atoms with E-state index in [0.717, 1.165) is 5.75 Å². The molecule has 0 aromatic heterocycles. The number of nitrogens with one attached hydrogen (secondary N) is 1. The summed E-state index contributed by atoms with van der Waals surface area (Å²) < 4.78 is 5.38. The average Bonchev–Trinajstić information content (AvgIpc) is 2.34. The summed E-state index contributed by atoms with van der Waals surface area (Å²) in [5, 5.41) is 21.4. The van der Waals surface area contributed by atoms with E-state index in [1.165, 1.54) is 0 Å². The highest BCUT2D eigenvalue weighted by molar-refractivity contribution is 5.20. The van der Waals surface area contributed by atoms with Crippen LogP contribution in [-0.2, 0) is 0 Å². The van der Waals surface area contributed by atoms with Gasteiger partial charge in [0.2, 0.25) is 0 Å². The van der Waals surface area contributed by atoms with Gasteiger partial charge in [-0.25, -0.2) is 0 Å². The van der Waals surface area contributed by atoms with E-state index in [9.17, 15) is 5.11 Å². The van der Waals surface area contributed by atoms with Crippen LogP contribution < -0.4 is 10.1 Å². The van der Waals surface area contributed by atoms with E-state index in [2.05, 4.69) is 5.32 Å². The predicted molar refractivity (Wildman–Crippen MR) is 62.5 cm³/mol. The molecule has 1 rings (SSSR count). The summed E-state index contributed by atoms with van der Waals surface area (Å²) in [6.07, 6.45) is -0.575. The van der Waals surface area contributed by atoms with Crippen LogP contribution in [0.25, 0.3) is 0 Å².